The zero-order valence-corrected chi connectivity index (χ0v) is 14.7. The Labute approximate surface area is 143 Å². The van der Waals surface area contributed by atoms with Gasteiger partial charge in [-0.3, -0.25) is 0 Å². The fourth-order valence-corrected chi connectivity index (χ4v) is 3.96. The SMILES string of the molecule is CC(C)NS(=O)(=O)Cc1ccccc1CNCc1cccc(F)c1. The van der Waals surface area contributed by atoms with Gasteiger partial charge in [-0.15, -0.1) is 0 Å². The van der Waals surface area contributed by atoms with Gasteiger partial charge in [0.2, 0.25) is 10.0 Å². The molecule has 0 aromatic heterocycles. The van der Waals surface area contributed by atoms with Crippen LogP contribution in [-0.4, -0.2) is 14.5 Å². The van der Waals surface area contributed by atoms with Crippen LogP contribution in [0.2, 0.25) is 0 Å². The number of benzene rings is 2. The molecule has 2 N–H and O–H groups in total. The zero-order valence-electron chi connectivity index (χ0n) is 13.9. The highest BCUT2D eigenvalue weighted by Gasteiger charge is 2.15. The standard InChI is InChI=1S/C18H23FN2O2S/c1-14(2)21-24(22,23)13-17-8-4-3-7-16(17)12-20-11-15-6-5-9-18(19)10-15/h3-10,14,20-21H,11-13H2,1-2H3. The molecule has 0 aliphatic heterocycles. The van der Waals surface area contributed by atoms with Crippen LogP contribution in [0.1, 0.15) is 30.5 Å². The van der Waals surface area contributed by atoms with Crippen molar-refractivity contribution in [2.45, 2.75) is 38.7 Å². The van der Waals surface area contributed by atoms with Gasteiger partial charge < -0.3 is 5.32 Å². The van der Waals surface area contributed by atoms with Crippen molar-refractivity contribution in [1.29, 1.82) is 0 Å². The molecule has 0 saturated carbocycles. The van der Waals surface area contributed by atoms with Gasteiger partial charge in [0.1, 0.15) is 5.82 Å². The maximum atomic E-state index is 13.2. The van der Waals surface area contributed by atoms with Crippen molar-refractivity contribution < 1.29 is 12.8 Å². The fourth-order valence-electron chi connectivity index (χ4n) is 2.46. The molecule has 0 unspecified atom stereocenters. The molecule has 0 heterocycles. The van der Waals surface area contributed by atoms with E-state index in [9.17, 15) is 12.8 Å². The molecule has 0 atom stereocenters. The molecule has 2 rings (SSSR count). The minimum Gasteiger partial charge on any atom is -0.309 e. The lowest BCUT2D eigenvalue weighted by Crippen LogP contribution is -2.31. The van der Waals surface area contributed by atoms with E-state index in [-0.39, 0.29) is 17.6 Å². The van der Waals surface area contributed by atoms with Crippen LogP contribution in [0, 0.1) is 5.82 Å². The van der Waals surface area contributed by atoms with Gasteiger partial charge in [-0.1, -0.05) is 36.4 Å². The first kappa shape index (κ1) is 18.6. The van der Waals surface area contributed by atoms with E-state index in [1.54, 1.807) is 19.9 Å². The van der Waals surface area contributed by atoms with E-state index in [4.69, 9.17) is 0 Å². The highest BCUT2D eigenvalue weighted by atomic mass is 32.2. The Morgan fingerprint density at radius 2 is 1.71 bits per heavy atom. The molecule has 2 aromatic carbocycles. The monoisotopic (exact) mass is 350 g/mol. The van der Waals surface area contributed by atoms with Crippen molar-refractivity contribution in [2.75, 3.05) is 0 Å². The van der Waals surface area contributed by atoms with Crippen LogP contribution in [0.3, 0.4) is 0 Å². The van der Waals surface area contributed by atoms with Crippen LogP contribution in [-0.2, 0) is 28.9 Å². The molecule has 2 aromatic rings. The van der Waals surface area contributed by atoms with Gasteiger partial charge in [0, 0.05) is 19.1 Å². The van der Waals surface area contributed by atoms with Crippen molar-refractivity contribution >= 4 is 10.0 Å². The summed E-state index contributed by atoms with van der Waals surface area (Å²) in [6.07, 6.45) is 0. The lowest BCUT2D eigenvalue weighted by molar-refractivity contribution is 0.568. The molecule has 24 heavy (non-hydrogen) atoms. The summed E-state index contributed by atoms with van der Waals surface area (Å²) in [4.78, 5) is 0. The topological polar surface area (TPSA) is 58.2 Å². The number of halogens is 1. The first-order valence-corrected chi connectivity index (χ1v) is 9.53. The Hall–Kier alpha value is -1.76. The normalized spacial score (nSPS) is 11.8. The molecule has 4 nitrogen and oxygen atoms in total. The van der Waals surface area contributed by atoms with Crippen LogP contribution in [0.15, 0.2) is 48.5 Å². The number of hydrogen-bond acceptors (Lipinski definition) is 3. The third-order valence-electron chi connectivity index (χ3n) is 3.41. The average Bonchev–Trinajstić information content (AvgIpc) is 2.47. The van der Waals surface area contributed by atoms with Crippen molar-refractivity contribution in [3.05, 3.63) is 71.0 Å². The van der Waals surface area contributed by atoms with Crippen molar-refractivity contribution in [1.82, 2.24) is 10.0 Å². The van der Waals surface area contributed by atoms with Crippen LogP contribution < -0.4 is 10.0 Å². The van der Waals surface area contributed by atoms with Crippen molar-refractivity contribution in [3.63, 3.8) is 0 Å². The zero-order chi connectivity index (χ0) is 17.6. The van der Waals surface area contributed by atoms with E-state index in [2.05, 4.69) is 10.0 Å². The number of nitrogens with one attached hydrogen (secondary N) is 2. The molecule has 0 spiro atoms. The molecule has 0 aliphatic carbocycles. The number of sulfonamides is 1. The van der Waals surface area contributed by atoms with Crippen LogP contribution in [0.25, 0.3) is 0 Å². The Balaban J connectivity index is 2.01. The Morgan fingerprint density at radius 1 is 1.00 bits per heavy atom. The largest absolute Gasteiger partial charge is 0.309 e. The van der Waals surface area contributed by atoms with Gasteiger partial charge in [-0.2, -0.15) is 0 Å². The molecular weight excluding hydrogens is 327 g/mol. The summed E-state index contributed by atoms with van der Waals surface area (Å²) in [5, 5.41) is 3.23. The first-order chi connectivity index (χ1) is 11.4. The summed E-state index contributed by atoms with van der Waals surface area (Å²) >= 11 is 0. The lowest BCUT2D eigenvalue weighted by atomic mass is 10.1. The molecule has 0 amide bonds. The average molecular weight is 350 g/mol. The van der Waals surface area contributed by atoms with E-state index in [0.717, 1.165) is 16.7 Å². The van der Waals surface area contributed by atoms with E-state index in [1.807, 2.05) is 30.3 Å². The van der Waals surface area contributed by atoms with Crippen LogP contribution in [0.4, 0.5) is 4.39 Å². The number of rotatable bonds is 8. The maximum Gasteiger partial charge on any atom is 0.216 e. The van der Waals surface area contributed by atoms with E-state index in [1.165, 1.54) is 12.1 Å². The maximum absolute atomic E-state index is 13.2. The minimum atomic E-state index is -3.37. The van der Waals surface area contributed by atoms with Gasteiger partial charge in [-0.05, 0) is 42.7 Å². The Morgan fingerprint density at radius 3 is 2.38 bits per heavy atom. The molecule has 0 bridgehead atoms. The quantitative estimate of drug-likeness (QED) is 0.770. The molecule has 0 saturated heterocycles. The summed E-state index contributed by atoms with van der Waals surface area (Å²) in [6.45, 7) is 4.63. The molecule has 6 heteroatoms. The molecule has 0 fully saturated rings. The lowest BCUT2D eigenvalue weighted by Gasteiger charge is -2.13. The van der Waals surface area contributed by atoms with Crippen molar-refractivity contribution in [3.8, 4) is 0 Å². The number of hydrogen-bond donors (Lipinski definition) is 2. The predicted octanol–water partition coefficient (Wildman–Crippen LogP) is 2.94. The Bertz CT molecular complexity index is 776. The van der Waals surface area contributed by atoms with Gasteiger partial charge in [0.15, 0.2) is 0 Å². The van der Waals surface area contributed by atoms with Gasteiger partial charge in [0.05, 0.1) is 5.75 Å². The second-order valence-corrected chi connectivity index (χ2v) is 7.79. The molecular formula is C18H23FN2O2S. The molecule has 0 radical (unpaired) electrons. The third kappa shape index (κ3) is 6.03. The van der Waals surface area contributed by atoms with Gasteiger partial charge in [0.25, 0.3) is 0 Å². The highest BCUT2D eigenvalue weighted by Crippen LogP contribution is 2.13. The fraction of sp³-hybridized carbons (Fsp3) is 0.333. The predicted molar refractivity (Wildman–Crippen MR) is 94.3 cm³/mol. The van der Waals surface area contributed by atoms with Gasteiger partial charge >= 0.3 is 0 Å². The summed E-state index contributed by atoms with van der Waals surface area (Å²) < 4.78 is 40.0. The summed E-state index contributed by atoms with van der Waals surface area (Å²) in [5.74, 6) is -0.316. The summed E-state index contributed by atoms with van der Waals surface area (Å²) in [7, 11) is -3.37. The van der Waals surface area contributed by atoms with Crippen molar-refractivity contribution in [2.24, 2.45) is 0 Å². The second-order valence-electron chi connectivity index (χ2n) is 6.03. The highest BCUT2D eigenvalue weighted by molar-refractivity contribution is 7.88. The van der Waals surface area contributed by atoms with Crippen LogP contribution >= 0.6 is 0 Å². The molecule has 130 valence electrons. The van der Waals surface area contributed by atoms with E-state index < -0.39 is 10.0 Å². The molecule has 0 aliphatic rings. The smallest absolute Gasteiger partial charge is 0.216 e. The minimum absolute atomic E-state index is 0.0526. The summed E-state index contributed by atoms with van der Waals surface area (Å²) in [6, 6.07) is 13.7. The second kappa shape index (κ2) is 8.37. The third-order valence-corrected chi connectivity index (χ3v) is 4.93. The Kier molecular flexibility index (Phi) is 6.48. The first-order valence-electron chi connectivity index (χ1n) is 7.87. The van der Waals surface area contributed by atoms with Crippen LogP contribution in [0.5, 0.6) is 0 Å². The summed E-state index contributed by atoms with van der Waals surface area (Å²) in [5.41, 5.74) is 2.53. The van der Waals surface area contributed by atoms with E-state index in [0.29, 0.717) is 13.1 Å². The van der Waals surface area contributed by atoms with Gasteiger partial charge in [-0.25, -0.2) is 17.5 Å². The van der Waals surface area contributed by atoms with E-state index >= 15 is 0 Å².